The summed E-state index contributed by atoms with van der Waals surface area (Å²) < 4.78 is 0. The summed E-state index contributed by atoms with van der Waals surface area (Å²) in [6.45, 7) is 6.34. The molecule has 1 aromatic heterocycles. The van der Waals surface area contributed by atoms with Crippen molar-refractivity contribution < 1.29 is 4.79 Å². The van der Waals surface area contributed by atoms with Crippen LogP contribution in [0.1, 0.15) is 20.3 Å². The van der Waals surface area contributed by atoms with E-state index in [9.17, 15) is 4.79 Å². The summed E-state index contributed by atoms with van der Waals surface area (Å²) in [7, 11) is 0. The van der Waals surface area contributed by atoms with E-state index < -0.39 is 0 Å². The van der Waals surface area contributed by atoms with E-state index >= 15 is 0 Å². The minimum atomic E-state index is -0.142. The maximum absolute atomic E-state index is 12.2. The van der Waals surface area contributed by atoms with Gasteiger partial charge in [0.2, 0.25) is 0 Å². The first kappa shape index (κ1) is 16.0. The Morgan fingerprint density at radius 2 is 2.30 bits per heavy atom. The number of likely N-dealkylation sites (tertiary alicyclic amines) is 1. The van der Waals surface area contributed by atoms with Crippen LogP contribution in [0.2, 0.25) is 0 Å². The number of nitrogens with one attached hydrogen (secondary N) is 2. The number of thiazole rings is 1. The summed E-state index contributed by atoms with van der Waals surface area (Å²) in [6, 6.07) is 8.39. The molecule has 2 heterocycles. The fourth-order valence-electron chi connectivity index (χ4n) is 2.82. The number of benzene rings is 1. The summed E-state index contributed by atoms with van der Waals surface area (Å²) >= 11 is 1.59. The Hall–Kier alpha value is -1.92. The van der Waals surface area contributed by atoms with Crippen LogP contribution < -0.4 is 10.6 Å². The number of rotatable bonds is 4. The average Bonchev–Trinajstić information content (AvgIpc) is 3.18. The molecule has 23 heavy (non-hydrogen) atoms. The van der Waals surface area contributed by atoms with Crippen molar-refractivity contribution in [3.63, 3.8) is 0 Å². The van der Waals surface area contributed by atoms with Crippen LogP contribution in [0, 0.1) is 0 Å². The zero-order valence-electron chi connectivity index (χ0n) is 13.5. The van der Waals surface area contributed by atoms with E-state index in [0.717, 1.165) is 35.8 Å². The number of amides is 2. The lowest BCUT2D eigenvalue weighted by molar-refractivity contribution is 0.244. The van der Waals surface area contributed by atoms with Crippen LogP contribution in [0.15, 0.2) is 35.8 Å². The molecule has 1 saturated heterocycles. The fraction of sp³-hybridized carbons (Fsp3) is 0.412. The minimum absolute atomic E-state index is 0.142. The zero-order chi connectivity index (χ0) is 16.2. The number of anilines is 1. The van der Waals surface area contributed by atoms with E-state index in [1.54, 1.807) is 17.5 Å². The summed E-state index contributed by atoms with van der Waals surface area (Å²) in [4.78, 5) is 18.9. The normalized spacial score (nSPS) is 18.3. The number of aromatic nitrogens is 1. The molecule has 0 spiro atoms. The minimum Gasteiger partial charge on any atom is -0.334 e. The molecular weight excluding hydrogens is 308 g/mol. The van der Waals surface area contributed by atoms with Crippen LogP contribution in [-0.4, -0.2) is 41.1 Å². The van der Waals surface area contributed by atoms with Crippen molar-refractivity contribution in [2.45, 2.75) is 32.4 Å². The molecule has 1 aliphatic rings. The van der Waals surface area contributed by atoms with Gasteiger partial charge in [0.25, 0.3) is 0 Å². The maximum Gasteiger partial charge on any atom is 0.319 e. The van der Waals surface area contributed by atoms with Crippen molar-refractivity contribution in [3.05, 3.63) is 35.8 Å². The zero-order valence-corrected chi connectivity index (χ0v) is 14.3. The van der Waals surface area contributed by atoms with Crippen LogP contribution in [0.5, 0.6) is 0 Å². The Balaban J connectivity index is 1.57. The SMILES string of the molecule is CC(C)N1CCC(NC(=O)Nc2cccc(-c3nccs3)c2)C1. The number of carbonyl (C=O) groups excluding carboxylic acids is 1. The number of hydrogen-bond acceptors (Lipinski definition) is 4. The first-order valence-corrected chi connectivity index (χ1v) is 8.81. The first-order chi connectivity index (χ1) is 11.1. The van der Waals surface area contributed by atoms with Gasteiger partial charge in [-0.25, -0.2) is 9.78 Å². The van der Waals surface area contributed by atoms with Crippen molar-refractivity contribution in [2.24, 2.45) is 0 Å². The molecule has 1 atom stereocenters. The van der Waals surface area contributed by atoms with E-state index in [2.05, 4.69) is 34.4 Å². The standard InChI is InChI=1S/C17H22N4OS/c1-12(2)21-8-6-15(11-21)20-17(22)19-14-5-3-4-13(10-14)16-18-7-9-23-16/h3-5,7,9-10,12,15H,6,8,11H2,1-2H3,(H2,19,20,22). The summed E-state index contributed by atoms with van der Waals surface area (Å²) in [5.41, 5.74) is 1.80. The third-order valence-electron chi connectivity index (χ3n) is 4.08. The number of carbonyl (C=O) groups is 1. The van der Waals surface area contributed by atoms with E-state index in [1.165, 1.54) is 0 Å². The predicted molar refractivity (Wildman–Crippen MR) is 94.8 cm³/mol. The average molecular weight is 330 g/mol. The van der Waals surface area contributed by atoms with Gasteiger partial charge in [-0.2, -0.15) is 0 Å². The second-order valence-electron chi connectivity index (χ2n) is 6.09. The molecule has 2 amide bonds. The smallest absolute Gasteiger partial charge is 0.319 e. The number of nitrogens with zero attached hydrogens (tertiary/aromatic N) is 2. The largest absolute Gasteiger partial charge is 0.334 e. The fourth-order valence-corrected chi connectivity index (χ4v) is 3.46. The second kappa shape index (κ2) is 7.10. The van der Waals surface area contributed by atoms with Crippen LogP contribution in [0.3, 0.4) is 0 Å². The van der Waals surface area contributed by atoms with Gasteiger partial charge in [0.1, 0.15) is 5.01 Å². The quantitative estimate of drug-likeness (QED) is 0.903. The molecule has 2 N–H and O–H groups in total. The second-order valence-corrected chi connectivity index (χ2v) is 6.99. The number of hydrogen-bond donors (Lipinski definition) is 2. The van der Waals surface area contributed by atoms with Gasteiger partial charge in [-0.15, -0.1) is 11.3 Å². The summed E-state index contributed by atoms with van der Waals surface area (Å²) in [6.07, 6.45) is 2.79. The first-order valence-electron chi connectivity index (χ1n) is 7.93. The summed E-state index contributed by atoms with van der Waals surface area (Å²) in [5, 5.41) is 8.89. The van der Waals surface area contributed by atoms with Crippen molar-refractivity contribution in [1.82, 2.24) is 15.2 Å². The van der Waals surface area contributed by atoms with Gasteiger partial charge in [0, 0.05) is 48.0 Å². The van der Waals surface area contributed by atoms with Crippen LogP contribution in [0.4, 0.5) is 10.5 Å². The summed E-state index contributed by atoms with van der Waals surface area (Å²) in [5.74, 6) is 0. The maximum atomic E-state index is 12.2. The Labute approximate surface area is 140 Å². The van der Waals surface area contributed by atoms with E-state index in [1.807, 2.05) is 29.6 Å². The molecular formula is C17H22N4OS. The highest BCUT2D eigenvalue weighted by Crippen LogP contribution is 2.24. The predicted octanol–water partition coefficient (Wildman–Crippen LogP) is 3.41. The van der Waals surface area contributed by atoms with Crippen molar-refractivity contribution in [2.75, 3.05) is 18.4 Å². The Morgan fingerprint density at radius 3 is 3.00 bits per heavy atom. The third-order valence-corrected chi connectivity index (χ3v) is 4.91. The van der Waals surface area contributed by atoms with E-state index in [4.69, 9.17) is 0 Å². The molecule has 0 saturated carbocycles. The Bertz CT molecular complexity index is 656. The molecule has 1 unspecified atom stereocenters. The van der Waals surface area contributed by atoms with E-state index in [0.29, 0.717) is 6.04 Å². The Morgan fingerprint density at radius 1 is 1.43 bits per heavy atom. The van der Waals surface area contributed by atoms with Gasteiger partial charge in [-0.3, -0.25) is 4.90 Å². The van der Waals surface area contributed by atoms with E-state index in [-0.39, 0.29) is 12.1 Å². The molecule has 0 aliphatic carbocycles. The lowest BCUT2D eigenvalue weighted by Gasteiger charge is -2.20. The van der Waals surface area contributed by atoms with Crippen LogP contribution in [0.25, 0.3) is 10.6 Å². The molecule has 3 rings (SSSR count). The topological polar surface area (TPSA) is 57.3 Å². The van der Waals surface area contributed by atoms with Crippen molar-refractivity contribution in [1.29, 1.82) is 0 Å². The van der Waals surface area contributed by atoms with Crippen LogP contribution in [-0.2, 0) is 0 Å². The molecule has 2 aromatic rings. The van der Waals surface area contributed by atoms with Gasteiger partial charge in [-0.1, -0.05) is 12.1 Å². The molecule has 1 fully saturated rings. The lowest BCUT2D eigenvalue weighted by atomic mass is 10.2. The third kappa shape index (κ3) is 4.09. The molecule has 0 bridgehead atoms. The molecule has 6 heteroatoms. The van der Waals surface area contributed by atoms with Gasteiger partial charge in [0.15, 0.2) is 0 Å². The lowest BCUT2D eigenvalue weighted by Crippen LogP contribution is -2.40. The van der Waals surface area contributed by atoms with Gasteiger partial charge in [0.05, 0.1) is 0 Å². The molecule has 122 valence electrons. The van der Waals surface area contributed by atoms with Crippen molar-refractivity contribution in [3.8, 4) is 10.6 Å². The van der Waals surface area contributed by atoms with Crippen molar-refractivity contribution >= 4 is 23.1 Å². The highest BCUT2D eigenvalue weighted by atomic mass is 32.1. The van der Waals surface area contributed by atoms with Gasteiger partial charge >= 0.3 is 6.03 Å². The van der Waals surface area contributed by atoms with Gasteiger partial charge < -0.3 is 10.6 Å². The highest BCUT2D eigenvalue weighted by molar-refractivity contribution is 7.13. The molecule has 1 aromatic carbocycles. The molecule has 5 nitrogen and oxygen atoms in total. The molecule has 0 radical (unpaired) electrons. The van der Waals surface area contributed by atoms with Crippen LogP contribution >= 0.6 is 11.3 Å². The van der Waals surface area contributed by atoms with Gasteiger partial charge in [-0.05, 0) is 32.4 Å². The molecule has 1 aliphatic heterocycles. The number of urea groups is 1. The highest BCUT2D eigenvalue weighted by Gasteiger charge is 2.25. The monoisotopic (exact) mass is 330 g/mol. The Kier molecular flexibility index (Phi) is 4.93.